The van der Waals surface area contributed by atoms with Crippen LogP contribution in [0.4, 0.5) is 17.6 Å². The van der Waals surface area contributed by atoms with Gasteiger partial charge in [0.25, 0.3) is 0 Å². The fraction of sp³-hybridized carbons (Fsp3) is 0.394. The van der Waals surface area contributed by atoms with E-state index in [1.807, 2.05) is 6.07 Å². The molecule has 3 aromatic rings. The minimum absolute atomic E-state index is 0.0137. The molecule has 6 rings (SSSR count). The molecular formula is C33H32F4N2O3. The quantitative estimate of drug-likeness (QED) is 0.140. The van der Waals surface area contributed by atoms with Crippen LogP contribution in [0, 0.1) is 40.5 Å². The molecule has 0 saturated heterocycles. The number of aromatic hydroxyl groups is 1. The van der Waals surface area contributed by atoms with Crippen LogP contribution in [0.15, 0.2) is 52.7 Å². The fourth-order valence-electron chi connectivity index (χ4n) is 7.51. The second kappa shape index (κ2) is 11.1. The maximum Gasteiger partial charge on any atom is 0.203 e. The largest absolute Gasteiger partial charge is 0.508 e. The number of halogens is 4. The van der Waals surface area contributed by atoms with Crippen molar-refractivity contribution >= 4 is 11.9 Å². The lowest BCUT2D eigenvalue weighted by atomic mass is 9.55. The summed E-state index contributed by atoms with van der Waals surface area (Å²) in [7, 11) is 1.43. The van der Waals surface area contributed by atoms with Crippen LogP contribution in [0.2, 0.25) is 0 Å². The monoisotopic (exact) mass is 580 g/mol. The van der Waals surface area contributed by atoms with Gasteiger partial charge in [0.15, 0.2) is 17.4 Å². The summed E-state index contributed by atoms with van der Waals surface area (Å²) < 4.78 is 65.8. The van der Waals surface area contributed by atoms with Gasteiger partial charge in [0.1, 0.15) is 18.1 Å². The summed E-state index contributed by atoms with van der Waals surface area (Å²) in [6.07, 6.45) is 7.79. The van der Waals surface area contributed by atoms with Gasteiger partial charge in [0, 0.05) is 22.8 Å². The molecule has 220 valence electrons. The molecule has 42 heavy (non-hydrogen) atoms. The number of methoxy groups -OCH3 is 1. The second-order valence-corrected chi connectivity index (χ2v) is 11.7. The zero-order valence-electron chi connectivity index (χ0n) is 23.5. The van der Waals surface area contributed by atoms with E-state index in [0.29, 0.717) is 40.4 Å². The zero-order chi connectivity index (χ0) is 29.6. The lowest BCUT2D eigenvalue weighted by molar-refractivity contribution is 0.0955. The Morgan fingerprint density at radius 2 is 1.76 bits per heavy atom. The van der Waals surface area contributed by atoms with Crippen molar-refractivity contribution in [2.45, 2.75) is 58.0 Å². The van der Waals surface area contributed by atoms with Crippen LogP contribution in [0.25, 0.3) is 0 Å². The molecule has 9 heteroatoms. The molecule has 0 radical (unpaired) electrons. The van der Waals surface area contributed by atoms with Gasteiger partial charge in [-0.3, -0.25) is 0 Å². The first kappa shape index (κ1) is 28.2. The van der Waals surface area contributed by atoms with E-state index in [2.05, 4.69) is 23.2 Å². The third-order valence-corrected chi connectivity index (χ3v) is 9.58. The number of phenolic OH excluding ortho intramolecular Hbond substituents is 1. The molecular weight excluding hydrogens is 548 g/mol. The van der Waals surface area contributed by atoms with Gasteiger partial charge in [-0.2, -0.15) is 19.0 Å². The van der Waals surface area contributed by atoms with Crippen molar-refractivity contribution in [3.63, 3.8) is 0 Å². The number of fused-ring (bicyclic) bond motifs is 5. The molecule has 3 aliphatic rings. The van der Waals surface area contributed by atoms with E-state index in [1.54, 1.807) is 30.5 Å². The van der Waals surface area contributed by atoms with Gasteiger partial charge in [0.2, 0.25) is 11.6 Å². The number of ether oxygens (including phenoxy) is 2. The van der Waals surface area contributed by atoms with Gasteiger partial charge in [-0.15, -0.1) is 0 Å². The number of hydrogen-bond acceptors (Lipinski definition) is 5. The second-order valence-electron chi connectivity index (χ2n) is 11.7. The Hall–Kier alpha value is -3.88. The predicted molar refractivity (Wildman–Crippen MR) is 151 cm³/mol. The lowest BCUT2D eigenvalue weighted by Crippen LogP contribution is -2.42. The molecule has 0 amide bonds. The Morgan fingerprint density at radius 1 is 0.976 bits per heavy atom. The summed E-state index contributed by atoms with van der Waals surface area (Å²) in [5, 5.41) is 19.0. The van der Waals surface area contributed by atoms with Crippen LogP contribution in [-0.4, -0.2) is 24.1 Å². The van der Waals surface area contributed by atoms with Gasteiger partial charge in [0.05, 0.1) is 13.3 Å². The van der Waals surface area contributed by atoms with Crippen molar-refractivity contribution in [3.8, 4) is 17.2 Å². The maximum absolute atomic E-state index is 14.1. The summed E-state index contributed by atoms with van der Waals surface area (Å²) in [5.74, 6) is -5.06. The Kier molecular flexibility index (Phi) is 7.45. The van der Waals surface area contributed by atoms with Crippen LogP contribution in [0.1, 0.15) is 67.2 Å². The SMILES string of the molecule is COc1ccc(C=NN=C2CC[C@@H]3[C@@H]4CCc5cc(O)ccc5[C@@H]4CC[C@@]23C)cc1COc1c(F)c(F)cc(F)c1F. The number of hydrogen-bond donors (Lipinski definition) is 1. The summed E-state index contributed by atoms with van der Waals surface area (Å²) in [6.45, 7) is 1.93. The predicted octanol–water partition coefficient (Wildman–Crippen LogP) is 7.87. The Morgan fingerprint density at radius 3 is 2.52 bits per heavy atom. The first-order chi connectivity index (χ1) is 20.2. The molecule has 5 nitrogen and oxygen atoms in total. The molecule has 2 fully saturated rings. The summed E-state index contributed by atoms with van der Waals surface area (Å²) >= 11 is 0. The van der Waals surface area contributed by atoms with Gasteiger partial charge >= 0.3 is 0 Å². The Bertz CT molecular complexity index is 1560. The number of nitrogens with zero attached hydrogens (tertiary/aromatic N) is 2. The molecule has 3 aliphatic carbocycles. The van der Waals surface area contributed by atoms with Crippen molar-refractivity contribution in [1.29, 1.82) is 0 Å². The molecule has 1 N–H and O–H groups in total. The average molecular weight is 581 g/mol. The van der Waals surface area contributed by atoms with Crippen molar-refractivity contribution in [3.05, 3.63) is 88.0 Å². The smallest absolute Gasteiger partial charge is 0.203 e. The van der Waals surface area contributed by atoms with Crippen molar-refractivity contribution in [2.75, 3.05) is 7.11 Å². The lowest BCUT2D eigenvalue weighted by Gasteiger charge is -2.49. The summed E-state index contributed by atoms with van der Waals surface area (Å²) in [4.78, 5) is 0. The van der Waals surface area contributed by atoms with Crippen molar-refractivity contribution in [2.24, 2.45) is 27.5 Å². The molecule has 2 saturated carbocycles. The highest BCUT2D eigenvalue weighted by atomic mass is 19.2. The third-order valence-electron chi connectivity index (χ3n) is 9.58. The van der Waals surface area contributed by atoms with Crippen LogP contribution in [-0.2, 0) is 13.0 Å². The highest BCUT2D eigenvalue weighted by Gasteiger charge is 2.53. The average Bonchev–Trinajstić information content (AvgIpc) is 3.32. The third kappa shape index (κ3) is 4.92. The first-order valence-electron chi connectivity index (χ1n) is 14.2. The molecule has 0 spiro atoms. The van der Waals surface area contributed by atoms with E-state index in [0.717, 1.165) is 44.2 Å². The summed E-state index contributed by atoms with van der Waals surface area (Å²) in [6, 6.07) is 11.0. The summed E-state index contributed by atoms with van der Waals surface area (Å²) in [5.41, 5.74) is 4.83. The van der Waals surface area contributed by atoms with E-state index in [4.69, 9.17) is 9.47 Å². The topological polar surface area (TPSA) is 63.4 Å². The van der Waals surface area contributed by atoms with Gasteiger partial charge in [-0.25, -0.2) is 8.78 Å². The Balaban J connectivity index is 1.18. The fourth-order valence-corrected chi connectivity index (χ4v) is 7.51. The first-order valence-corrected chi connectivity index (χ1v) is 14.2. The molecule has 3 aromatic carbocycles. The highest BCUT2D eigenvalue weighted by molar-refractivity contribution is 5.93. The molecule has 0 heterocycles. The van der Waals surface area contributed by atoms with Crippen molar-refractivity contribution < 1.29 is 32.1 Å². The Labute approximate surface area is 241 Å². The standard InChI is InChI=1S/C33H32F4N2O3/c1-33-12-11-23-22-7-5-21(40)14-19(22)4-6-24(23)25(33)8-10-29(33)39-38-16-18-3-9-28(41-2)20(13-18)17-42-32-30(36)26(34)15-27(35)31(32)37/h3,5,7,9,13-16,23-25,40H,4,6,8,10-12,17H2,1-2H3/t23-,24+,25+,33+/m0/s1. The minimum Gasteiger partial charge on any atom is -0.508 e. The van der Waals surface area contributed by atoms with Crippen LogP contribution < -0.4 is 9.47 Å². The molecule has 0 aromatic heterocycles. The number of aryl methyl sites for hydroxylation is 1. The zero-order valence-corrected chi connectivity index (χ0v) is 23.5. The van der Waals surface area contributed by atoms with Gasteiger partial charge < -0.3 is 14.6 Å². The molecule has 0 unspecified atom stereocenters. The van der Waals surface area contributed by atoms with Crippen LogP contribution in [0.3, 0.4) is 0 Å². The van der Waals surface area contributed by atoms with Crippen LogP contribution in [0.5, 0.6) is 17.2 Å². The van der Waals surface area contributed by atoms with E-state index >= 15 is 0 Å². The molecule has 0 bridgehead atoms. The normalized spacial score (nSPS) is 25.8. The minimum atomic E-state index is -1.60. The van der Waals surface area contributed by atoms with Crippen molar-refractivity contribution in [1.82, 2.24) is 0 Å². The van der Waals surface area contributed by atoms with Gasteiger partial charge in [-0.05, 0) is 103 Å². The van der Waals surface area contributed by atoms with E-state index in [9.17, 15) is 22.7 Å². The van der Waals surface area contributed by atoms with Gasteiger partial charge in [-0.1, -0.05) is 13.0 Å². The van der Waals surface area contributed by atoms with Crippen LogP contribution >= 0.6 is 0 Å². The van der Waals surface area contributed by atoms with E-state index in [1.165, 1.54) is 18.2 Å². The number of rotatable bonds is 6. The maximum atomic E-state index is 14.1. The highest BCUT2D eigenvalue weighted by Crippen LogP contribution is 2.60. The molecule has 4 atom stereocenters. The number of phenols is 1. The van der Waals surface area contributed by atoms with E-state index in [-0.39, 0.29) is 18.1 Å². The molecule has 0 aliphatic heterocycles. The van der Waals surface area contributed by atoms with E-state index < -0.39 is 29.0 Å². The number of benzene rings is 3.